The predicted octanol–water partition coefficient (Wildman–Crippen LogP) is 0.960. The first-order chi connectivity index (χ1) is 12.6. The number of aromatic nitrogens is 2. The summed E-state index contributed by atoms with van der Waals surface area (Å²) in [4.78, 5) is 24.6. The molecular formula is C19H31N5O2. The van der Waals surface area contributed by atoms with Crippen LogP contribution in [-0.2, 0) is 22.6 Å². The first-order valence-electron chi connectivity index (χ1n) is 9.97. The molecule has 3 aliphatic heterocycles. The van der Waals surface area contributed by atoms with E-state index >= 15 is 0 Å². The van der Waals surface area contributed by atoms with Crippen LogP contribution in [0.3, 0.4) is 0 Å². The van der Waals surface area contributed by atoms with Crippen molar-refractivity contribution in [2.75, 3.05) is 53.0 Å². The molecule has 4 rings (SSSR count). The summed E-state index contributed by atoms with van der Waals surface area (Å²) in [6, 6.07) is 0.0559. The highest BCUT2D eigenvalue weighted by Crippen LogP contribution is 2.29. The zero-order valence-corrected chi connectivity index (χ0v) is 16.1. The average molecular weight is 361 g/mol. The minimum absolute atomic E-state index is 0.0559. The van der Waals surface area contributed by atoms with Gasteiger partial charge in [0, 0.05) is 71.1 Å². The van der Waals surface area contributed by atoms with Crippen molar-refractivity contribution in [3.63, 3.8) is 0 Å². The number of hydrogen-bond donors (Lipinski definition) is 0. The van der Waals surface area contributed by atoms with Gasteiger partial charge in [-0.3, -0.25) is 9.69 Å². The van der Waals surface area contributed by atoms with Crippen LogP contribution in [0.2, 0.25) is 0 Å². The van der Waals surface area contributed by atoms with Crippen molar-refractivity contribution < 1.29 is 9.53 Å². The molecule has 0 saturated carbocycles. The smallest absolute Gasteiger partial charge is 0.226 e. The molecule has 4 heterocycles. The third-order valence-electron chi connectivity index (χ3n) is 6.21. The van der Waals surface area contributed by atoms with Gasteiger partial charge in [0.25, 0.3) is 0 Å². The van der Waals surface area contributed by atoms with E-state index in [1.807, 2.05) is 11.1 Å². The molecular weight excluding hydrogens is 330 g/mol. The zero-order valence-electron chi connectivity index (χ0n) is 16.1. The Morgan fingerprint density at radius 2 is 1.88 bits per heavy atom. The van der Waals surface area contributed by atoms with Gasteiger partial charge in [0.15, 0.2) is 0 Å². The second-order valence-electron chi connectivity index (χ2n) is 7.93. The molecule has 0 spiro atoms. The number of imidazole rings is 1. The van der Waals surface area contributed by atoms with E-state index in [0.717, 1.165) is 64.5 Å². The van der Waals surface area contributed by atoms with E-state index in [4.69, 9.17) is 9.72 Å². The van der Waals surface area contributed by atoms with Crippen LogP contribution in [0.1, 0.15) is 37.3 Å². The topological polar surface area (TPSA) is 53.8 Å². The van der Waals surface area contributed by atoms with Gasteiger partial charge >= 0.3 is 0 Å². The van der Waals surface area contributed by atoms with E-state index in [0.29, 0.717) is 13.2 Å². The SMILES string of the molecule is C[C@@H]1c2ncc(CN3CCN(C)CC3)n2CCN1C(=O)C1CCOCC1. The Kier molecular flexibility index (Phi) is 5.29. The summed E-state index contributed by atoms with van der Waals surface area (Å²) in [6.45, 7) is 10.6. The van der Waals surface area contributed by atoms with Gasteiger partial charge in [-0.2, -0.15) is 0 Å². The molecule has 0 radical (unpaired) electrons. The van der Waals surface area contributed by atoms with E-state index in [2.05, 4.69) is 28.3 Å². The summed E-state index contributed by atoms with van der Waals surface area (Å²) in [6.07, 6.45) is 3.73. The molecule has 0 N–H and O–H groups in total. The minimum Gasteiger partial charge on any atom is -0.381 e. The Bertz CT molecular complexity index is 632. The van der Waals surface area contributed by atoms with Gasteiger partial charge in [-0.1, -0.05) is 0 Å². The molecule has 2 saturated heterocycles. The summed E-state index contributed by atoms with van der Waals surface area (Å²) in [5.74, 6) is 1.45. The molecule has 0 aliphatic carbocycles. The fraction of sp³-hybridized carbons (Fsp3) is 0.789. The molecule has 0 bridgehead atoms. The van der Waals surface area contributed by atoms with Crippen LogP contribution in [-0.4, -0.2) is 83.1 Å². The van der Waals surface area contributed by atoms with Crippen molar-refractivity contribution in [1.82, 2.24) is 24.3 Å². The van der Waals surface area contributed by atoms with Crippen molar-refractivity contribution in [3.05, 3.63) is 17.7 Å². The van der Waals surface area contributed by atoms with Crippen molar-refractivity contribution in [2.24, 2.45) is 5.92 Å². The largest absolute Gasteiger partial charge is 0.381 e. The quantitative estimate of drug-likeness (QED) is 0.803. The monoisotopic (exact) mass is 361 g/mol. The molecule has 1 aromatic rings. The highest BCUT2D eigenvalue weighted by molar-refractivity contribution is 5.79. The number of fused-ring (bicyclic) bond motifs is 1. The number of amides is 1. The lowest BCUT2D eigenvalue weighted by Gasteiger charge is -2.38. The lowest BCUT2D eigenvalue weighted by molar-refractivity contribution is -0.142. The van der Waals surface area contributed by atoms with E-state index in [-0.39, 0.29) is 17.9 Å². The third kappa shape index (κ3) is 3.52. The number of rotatable bonds is 3. The maximum atomic E-state index is 12.9. The number of carbonyl (C=O) groups excluding carboxylic acids is 1. The normalized spacial score (nSPS) is 26.1. The van der Waals surface area contributed by atoms with Gasteiger partial charge in [0.2, 0.25) is 5.91 Å². The van der Waals surface area contributed by atoms with Gasteiger partial charge in [0.1, 0.15) is 5.82 Å². The second kappa shape index (κ2) is 7.66. The van der Waals surface area contributed by atoms with Crippen LogP contribution in [0.25, 0.3) is 0 Å². The summed E-state index contributed by atoms with van der Waals surface area (Å²) in [7, 11) is 2.18. The Balaban J connectivity index is 1.43. The van der Waals surface area contributed by atoms with E-state index < -0.39 is 0 Å². The highest BCUT2D eigenvalue weighted by atomic mass is 16.5. The van der Waals surface area contributed by atoms with Crippen molar-refractivity contribution in [2.45, 2.75) is 38.9 Å². The van der Waals surface area contributed by atoms with Crippen LogP contribution < -0.4 is 0 Å². The van der Waals surface area contributed by atoms with Crippen LogP contribution in [0.5, 0.6) is 0 Å². The van der Waals surface area contributed by atoms with Gasteiger partial charge < -0.3 is 19.1 Å². The molecule has 1 atom stereocenters. The number of nitrogens with zero attached hydrogens (tertiary/aromatic N) is 5. The minimum atomic E-state index is 0.0559. The molecule has 7 nitrogen and oxygen atoms in total. The van der Waals surface area contributed by atoms with Crippen LogP contribution in [0, 0.1) is 5.92 Å². The Labute approximate surface area is 155 Å². The Morgan fingerprint density at radius 3 is 2.62 bits per heavy atom. The van der Waals surface area contributed by atoms with Crippen LogP contribution >= 0.6 is 0 Å². The second-order valence-corrected chi connectivity index (χ2v) is 7.93. The highest BCUT2D eigenvalue weighted by Gasteiger charge is 2.34. The van der Waals surface area contributed by atoms with Gasteiger partial charge in [-0.15, -0.1) is 0 Å². The maximum absolute atomic E-state index is 12.9. The van der Waals surface area contributed by atoms with E-state index in [9.17, 15) is 4.79 Å². The molecule has 0 unspecified atom stereocenters. The molecule has 7 heteroatoms. The van der Waals surface area contributed by atoms with Crippen molar-refractivity contribution >= 4 is 5.91 Å². The Hall–Kier alpha value is -1.44. The van der Waals surface area contributed by atoms with Gasteiger partial charge in [0.05, 0.1) is 11.7 Å². The van der Waals surface area contributed by atoms with Crippen molar-refractivity contribution in [3.8, 4) is 0 Å². The molecule has 3 aliphatic rings. The lowest BCUT2D eigenvalue weighted by atomic mass is 9.97. The molecule has 2 fully saturated rings. The summed E-state index contributed by atoms with van der Waals surface area (Å²) in [5.41, 5.74) is 1.29. The van der Waals surface area contributed by atoms with Crippen molar-refractivity contribution in [1.29, 1.82) is 0 Å². The number of hydrogen-bond acceptors (Lipinski definition) is 5. The average Bonchev–Trinajstić information content (AvgIpc) is 3.08. The Morgan fingerprint density at radius 1 is 1.15 bits per heavy atom. The number of ether oxygens (including phenoxy) is 1. The van der Waals surface area contributed by atoms with E-state index in [1.165, 1.54) is 5.69 Å². The van der Waals surface area contributed by atoms with E-state index in [1.54, 1.807) is 0 Å². The third-order valence-corrected chi connectivity index (χ3v) is 6.21. The van der Waals surface area contributed by atoms with Gasteiger partial charge in [-0.05, 0) is 26.8 Å². The molecule has 0 aromatic carbocycles. The summed E-state index contributed by atoms with van der Waals surface area (Å²) < 4.78 is 7.75. The maximum Gasteiger partial charge on any atom is 0.226 e. The molecule has 144 valence electrons. The fourth-order valence-corrected chi connectivity index (χ4v) is 4.40. The number of carbonyl (C=O) groups is 1. The van der Waals surface area contributed by atoms with Gasteiger partial charge in [-0.25, -0.2) is 4.98 Å². The summed E-state index contributed by atoms with van der Waals surface area (Å²) in [5, 5.41) is 0. The van der Waals surface area contributed by atoms with Crippen LogP contribution in [0.4, 0.5) is 0 Å². The first-order valence-corrected chi connectivity index (χ1v) is 9.97. The fourth-order valence-electron chi connectivity index (χ4n) is 4.40. The number of piperazine rings is 1. The molecule has 1 aromatic heterocycles. The van der Waals surface area contributed by atoms with Crippen LogP contribution in [0.15, 0.2) is 6.20 Å². The molecule has 1 amide bonds. The standard InChI is InChI=1S/C19H31N5O2/c1-15-18-20-13-17(14-22-7-5-21(2)6-8-22)24(18)10-9-23(15)19(25)16-3-11-26-12-4-16/h13,15-16H,3-12,14H2,1-2H3/t15-/m1/s1. The zero-order chi connectivity index (χ0) is 18.1. The lowest BCUT2D eigenvalue weighted by Crippen LogP contribution is -2.46. The molecule has 26 heavy (non-hydrogen) atoms. The number of likely N-dealkylation sites (N-methyl/N-ethyl adjacent to an activating group) is 1. The summed E-state index contributed by atoms with van der Waals surface area (Å²) >= 11 is 0. The predicted molar refractivity (Wildman–Crippen MR) is 98.7 cm³/mol. The first kappa shape index (κ1) is 17.9.